The first kappa shape index (κ1) is 14.0. The summed E-state index contributed by atoms with van der Waals surface area (Å²) in [6, 6.07) is 0. The van der Waals surface area contributed by atoms with Crippen LogP contribution in [0.3, 0.4) is 0 Å². The second-order valence-corrected chi connectivity index (χ2v) is 6.75. The van der Waals surface area contributed by atoms with E-state index >= 15 is 0 Å². The van der Waals surface area contributed by atoms with Crippen molar-refractivity contribution in [1.29, 1.82) is 0 Å². The molecule has 16 heavy (non-hydrogen) atoms. The van der Waals surface area contributed by atoms with Gasteiger partial charge in [-0.05, 0) is 23.3 Å². The maximum Gasteiger partial charge on any atom is 0.320 e. The minimum absolute atomic E-state index is 0.221. The summed E-state index contributed by atoms with van der Waals surface area (Å²) in [5.74, 6) is 0.458. The van der Waals surface area contributed by atoms with E-state index in [9.17, 15) is 4.79 Å². The largest absolute Gasteiger partial charge is 0.468 e. The number of halogens is 1. The van der Waals surface area contributed by atoms with Crippen LogP contribution in [0.4, 0.5) is 0 Å². The van der Waals surface area contributed by atoms with Gasteiger partial charge in [0.25, 0.3) is 0 Å². The Morgan fingerprint density at radius 2 is 1.88 bits per heavy atom. The predicted molar refractivity (Wildman–Crippen MR) is 68.7 cm³/mol. The second-order valence-electron chi connectivity index (χ2n) is 5.64. The minimum atomic E-state index is -0.248. The minimum Gasteiger partial charge on any atom is -0.468 e. The fourth-order valence-electron chi connectivity index (χ4n) is 2.41. The highest BCUT2D eigenvalue weighted by Crippen LogP contribution is 2.67. The lowest BCUT2D eigenvalue weighted by Crippen LogP contribution is -2.31. The number of rotatable bonds is 5. The standard InChI is InChI=1S/C12H22BrNO2/c1-11(2)9(12(11,3)4)7-14-6-8(13)10(15)16-5/h8-9,14H,6-7H2,1-5H3. The molecule has 0 saturated heterocycles. The van der Waals surface area contributed by atoms with E-state index in [4.69, 9.17) is 0 Å². The first-order valence-electron chi connectivity index (χ1n) is 5.67. The van der Waals surface area contributed by atoms with Gasteiger partial charge >= 0.3 is 5.97 Å². The van der Waals surface area contributed by atoms with E-state index in [-0.39, 0.29) is 10.8 Å². The maximum absolute atomic E-state index is 11.1. The Bertz CT molecular complexity index is 262. The zero-order chi connectivity index (χ0) is 12.6. The van der Waals surface area contributed by atoms with Crippen LogP contribution in [0.2, 0.25) is 0 Å². The Kier molecular flexibility index (Phi) is 4.06. The van der Waals surface area contributed by atoms with Crippen LogP contribution >= 0.6 is 15.9 Å². The summed E-state index contributed by atoms with van der Waals surface area (Å²) >= 11 is 3.29. The number of esters is 1. The SMILES string of the molecule is COC(=O)C(Br)CNCC1C(C)(C)C1(C)C. The van der Waals surface area contributed by atoms with Crippen molar-refractivity contribution in [2.75, 3.05) is 20.2 Å². The van der Waals surface area contributed by atoms with Crippen molar-refractivity contribution in [2.45, 2.75) is 32.5 Å². The zero-order valence-electron chi connectivity index (χ0n) is 10.8. The predicted octanol–water partition coefficient (Wildman–Crippen LogP) is 2.19. The summed E-state index contributed by atoms with van der Waals surface area (Å²) in [7, 11) is 1.41. The molecule has 1 saturated carbocycles. The molecule has 1 aliphatic carbocycles. The van der Waals surface area contributed by atoms with E-state index in [1.165, 1.54) is 7.11 Å². The number of nitrogens with one attached hydrogen (secondary N) is 1. The van der Waals surface area contributed by atoms with Gasteiger partial charge in [0.05, 0.1) is 7.11 Å². The Hall–Kier alpha value is -0.0900. The Morgan fingerprint density at radius 3 is 2.25 bits per heavy atom. The lowest BCUT2D eigenvalue weighted by atomic mass is 10.0. The van der Waals surface area contributed by atoms with Crippen LogP contribution < -0.4 is 5.32 Å². The number of alkyl halides is 1. The first-order chi connectivity index (χ1) is 7.25. The molecule has 0 bridgehead atoms. The highest BCUT2D eigenvalue weighted by molar-refractivity contribution is 9.10. The topological polar surface area (TPSA) is 38.3 Å². The van der Waals surface area contributed by atoms with Crippen LogP contribution in [-0.2, 0) is 9.53 Å². The van der Waals surface area contributed by atoms with Crippen molar-refractivity contribution < 1.29 is 9.53 Å². The summed E-state index contributed by atoms with van der Waals surface area (Å²) in [6.45, 7) is 10.8. The summed E-state index contributed by atoms with van der Waals surface area (Å²) in [6.07, 6.45) is 0. The monoisotopic (exact) mass is 291 g/mol. The van der Waals surface area contributed by atoms with Crippen molar-refractivity contribution >= 4 is 21.9 Å². The number of carbonyl (C=O) groups is 1. The van der Waals surface area contributed by atoms with Crippen molar-refractivity contribution in [3.8, 4) is 0 Å². The van der Waals surface area contributed by atoms with Gasteiger partial charge in [0.15, 0.2) is 0 Å². The van der Waals surface area contributed by atoms with Crippen molar-refractivity contribution in [2.24, 2.45) is 16.7 Å². The quantitative estimate of drug-likeness (QED) is 0.623. The molecule has 0 radical (unpaired) electrons. The second kappa shape index (κ2) is 4.65. The number of carbonyl (C=O) groups excluding carboxylic acids is 1. The zero-order valence-corrected chi connectivity index (χ0v) is 12.3. The van der Waals surface area contributed by atoms with E-state index < -0.39 is 0 Å². The molecule has 0 heterocycles. The third-order valence-electron chi connectivity index (χ3n) is 4.45. The first-order valence-corrected chi connectivity index (χ1v) is 6.59. The van der Waals surface area contributed by atoms with Gasteiger partial charge in [-0.25, -0.2) is 0 Å². The molecule has 4 heteroatoms. The Balaban J connectivity index is 2.26. The van der Waals surface area contributed by atoms with Crippen LogP contribution in [0.25, 0.3) is 0 Å². The van der Waals surface area contributed by atoms with Crippen molar-refractivity contribution in [3.05, 3.63) is 0 Å². The molecule has 94 valence electrons. The summed E-state index contributed by atoms with van der Waals surface area (Å²) < 4.78 is 4.64. The number of hydrogen-bond donors (Lipinski definition) is 1. The fraction of sp³-hybridized carbons (Fsp3) is 0.917. The fourth-order valence-corrected chi connectivity index (χ4v) is 2.82. The van der Waals surface area contributed by atoms with Crippen LogP contribution in [0.5, 0.6) is 0 Å². The van der Waals surface area contributed by atoms with E-state index in [0.29, 0.717) is 23.3 Å². The molecule has 0 aromatic heterocycles. The molecule has 1 fully saturated rings. The molecule has 0 aliphatic heterocycles. The van der Waals surface area contributed by atoms with Gasteiger partial charge < -0.3 is 10.1 Å². The molecule has 0 aromatic carbocycles. The van der Waals surface area contributed by atoms with E-state index in [2.05, 4.69) is 53.7 Å². The van der Waals surface area contributed by atoms with Gasteiger partial charge in [-0.15, -0.1) is 0 Å². The molecular weight excluding hydrogens is 270 g/mol. The van der Waals surface area contributed by atoms with Gasteiger partial charge in [0.1, 0.15) is 4.83 Å². The summed E-state index contributed by atoms with van der Waals surface area (Å²) in [4.78, 5) is 10.9. The molecular formula is C12H22BrNO2. The van der Waals surface area contributed by atoms with E-state index in [1.54, 1.807) is 0 Å². The van der Waals surface area contributed by atoms with Crippen LogP contribution in [0.1, 0.15) is 27.7 Å². The molecule has 0 amide bonds. The van der Waals surface area contributed by atoms with Gasteiger partial charge in [-0.1, -0.05) is 43.6 Å². The molecule has 1 rings (SSSR count). The van der Waals surface area contributed by atoms with Gasteiger partial charge in [0, 0.05) is 6.54 Å². The molecule has 1 atom stereocenters. The van der Waals surface area contributed by atoms with Gasteiger partial charge in [0.2, 0.25) is 0 Å². The highest BCUT2D eigenvalue weighted by Gasteiger charge is 2.63. The van der Waals surface area contributed by atoms with Crippen LogP contribution in [0.15, 0.2) is 0 Å². The van der Waals surface area contributed by atoms with E-state index in [0.717, 1.165) is 6.54 Å². The van der Waals surface area contributed by atoms with Gasteiger partial charge in [-0.3, -0.25) is 4.79 Å². The molecule has 1 unspecified atom stereocenters. The molecule has 0 aromatic rings. The van der Waals surface area contributed by atoms with Crippen molar-refractivity contribution in [1.82, 2.24) is 5.32 Å². The third kappa shape index (κ3) is 2.43. The number of ether oxygens (including phenoxy) is 1. The lowest BCUT2D eigenvalue weighted by Gasteiger charge is -2.09. The normalized spacial score (nSPS) is 23.9. The highest BCUT2D eigenvalue weighted by atomic mass is 79.9. The average molecular weight is 292 g/mol. The van der Waals surface area contributed by atoms with Crippen LogP contribution in [0, 0.1) is 16.7 Å². The molecule has 1 aliphatic rings. The molecule has 0 spiro atoms. The third-order valence-corrected chi connectivity index (χ3v) is 5.15. The smallest absolute Gasteiger partial charge is 0.320 e. The Morgan fingerprint density at radius 1 is 1.38 bits per heavy atom. The molecule has 3 nitrogen and oxygen atoms in total. The van der Waals surface area contributed by atoms with E-state index in [1.807, 2.05) is 0 Å². The molecule has 1 N–H and O–H groups in total. The number of hydrogen-bond acceptors (Lipinski definition) is 3. The maximum atomic E-state index is 11.1. The average Bonchev–Trinajstić information content (AvgIpc) is 2.58. The number of methoxy groups -OCH3 is 1. The van der Waals surface area contributed by atoms with Crippen LogP contribution in [-0.4, -0.2) is 31.0 Å². The van der Waals surface area contributed by atoms with Gasteiger partial charge in [-0.2, -0.15) is 0 Å². The van der Waals surface area contributed by atoms with Crippen molar-refractivity contribution in [3.63, 3.8) is 0 Å². The lowest BCUT2D eigenvalue weighted by molar-refractivity contribution is -0.139. The Labute approximate surface area is 106 Å². The summed E-state index contributed by atoms with van der Waals surface area (Å²) in [5.41, 5.74) is 0.792. The summed E-state index contributed by atoms with van der Waals surface area (Å²) in [5, 5.41) is 3.33.